The Morgan fingerprint density at radius 1 is 1.40 bits per heavy atom. The number of alkyl halides is 1. The number of carbonyl (C=O) groups excluding carboxylic acids is 1. The van der Waals surface area contributed by atoms with Crippen LogP contribution in [-0.2, 0) is 15.7 Å². The zero-order valence-corrected chi connectivity index (χ0v) is 15.5. The lowest BCUT2D eigenvalue weighted by Crippen LogP contribution is -2.14. The number of rotatable bonds is 7. The van der Waals surface area contributed by atoms with E-state index in [1.165, 1.54) is 31.2 Å². The van der Waals surface area contributed by atoms with Crippen LogP contribution in [0.1, 0.15) is 23.9 Å². The van der Waals surface area contributed by atoms with Crippen molar-refractivity contribution in [3.05, 3.63) is 35.8 Å². The summed E-state index contributed by atoms with van der Waals surface area (Å²) in [6, 6.07) is 5.20. The van der Waals surface area contributed by atoms with Gasteiger partial charge in [-0.25, -0.2) is 17.5 Å². The van der Waals surface area contributed by atoms with Gasteiger partial charge >= 0.3 is 5.97 Å². The molecule has 0 aliphatic rings. The summed E-state index contributed by atoms with van der Waals surface area (Å²) in [4.78, 5) is 10.8. The third-order valence-electron chi connectivity index (χ3n) is 3.14. The topological polar surface area (TPSA) is 106 Å². The van der Waals surface area contributed by atoms with E-state index in [0.29, 0.717) is 5.56 Å². The van der Waals surface area contributed by atoms with Crippen molar-refractivity contribution in [3.63, 3.8) is 0 Å². The predicted octanol–water partition coefficient (Wildman–Crippen LogP) is 2.66. The zero-order valence-electron chi connectivity index (χ0n) is 13.0. The molecule has 1 aromatic heterocycles. The van der Waals surface area contributed by atoms with Gasteiger partial charge in [0, 0.05) is 19.0 Å². The number of aromatic hydroxyl groups is 1. The van der Waals surface area contributed by atoms with E-state index in [2.05, 4.69) is 20.7 Å². The molecule has 0 bridgehead atoms. The fraction of sp³-hybridized carbons (Fsp3) is 0.267. The van der Waals surface area contributed by atoms with Gasteiger partial charge in [0.2, 0.25) is 22.4 Å². The summed E-state index contributed by atoms with van der Waals surface area (Å²) in [5, 5.41) is 10.3. The summed E-state index contributed by atoms with van der Waals surface area (Å²) in [7, 11) is -2.73. The van der Waals surface area contributed by atoms with Gasteiger partial charge in [0.05, 0.1) is 4.83 Å². The van der Waals surface area contributed by atoms with E-state index in [4.69, 9.17) is 9.15 Å². The Morgan fingerprint density at radius 2 is 2.04 bits per heavy atom. The second kappa shape index (κ2) is 8.45. The van der Waals surface area contributed by atoms with Crippen LogP contribution in [-0.4, -0.2) is 26.0 Å². The highest BCUT2D eigenvalue weighted by molar-refractivity contribution is 9.09. The zero-order chi connectivity index (χ0) is 18.6. The fourth-order valence-electron chi connectivity index (χ4n) is 2.08. The molecule has 10 heteroatoms. The first kappa shape index (κ1) is 19.4. The molecule has 1 heterocycles. The van der Waals surface area contributed by atoms with Crippen LogP contribution in [0.5, 0.6) is 11.5 Å². The monoisotopic (exact) mass is 435 g/mol. The lowest BCUT2D eigenvalue weighted by molar-refractivity contribution is -0.132. The van der Waals surface area contributed by atoms with Gasteiger partial charge in [0.15, 0.2) is 11.5 Å². The number of benzene rings is 1. The third-order valence-corrected chi connectivity index (χ3v) is 4.50. The SMILES string of the molecule is CC(=O)Oc1c(C(Br)CCN[SH](=O)=O)oc(-c2ccc(F)cc2)c1O. The van der Waals surface area contributed by atoms with E-state index in [1.807, 2.05) is 0 Å². The Balaban J connectivity index is 2.38. The lowest BCUT2D eigenvalue weighted by Gasteiger charge is -2.08. The molecular formula is C15H15BrFNO6S. The summed E-state index contributed by atoms with van der Waals surface area (Å²) in [6.45, 7) is 1.28. The van der Waals surface area contributed by atoms with Crippen LogP contribution in [0.25, 0.3) is 11.3 Å². The van der Waals surface area contributed by atoms with Crippen LogP contribution in [0.3, 0.4) is 0 Å². The minimum Gasteiger partial charge on any atom is -0.502 e. The van der Waals surface area contributed by atoms with Gasteiger partial charge in [-0.05, 0) is 30.7 Å². The Labute approximate surface area is 153 Å². The first-order chi connectivity index (χ1) is 11.8. The van der Waals surface area contributed by atoms with Gasteiger partial charge in [0.25, 0.3) is 0 Å². The van der Waals surface area contributed by atoms with Gasteiger partial charge in [-0.2, -0.15) is 0 Å². The molecule has 2 aromatic rings. The van der Waals surface area contributed by atoms with Crippen molar-refractivity contribution in [2.75, 3.05) is 6.54 Å². The summed E-state index contributed by atoms with van der Waals surface area (Å²) in [6.07, 6.45) is 0.271. The highest BCUT2D eigenvalue weighted by Crippen LogP contribution is 2.48. The van der Waals surface area contributed by atoms with Crippen LogP contribution in [0.2, 0.25) is 0 Å². The average Bonchev–Trinajstić information content (AvgIpc) is 2.84. The standard InChI is InChI=1S/C15H15BrFNO6S/c1-8(19)23-15-12(20)13(9-2-4-10(17)5-3-9)24-14(15)11(16)6-7-18-25(21)22/h2-5,11,20,25H,6-7H2,1H3,(H,18,21,22). The number of carbonyl (C=O) groups is 1. The second-order valence-electron chi connectivity index (χ2n) is 5.00. The number of halogens is 2. The molecule has 1 aromatic carbocycles. The maximum atomic E-state index is 13.1. The molecule has 1 unspecified atom stereocenters. The third kappa shape index (κ3) is 5.03. The molecule has 2 N–H and O–H groups in total. The van der Waals surface area contributed by atoms with Crippen molar-refractivity contribution in [1.29, 1.82) is 0 Å². The molecule has 136 valence electrons. The number of thiol groups is 1. The Kier molecular flexibility index (Phi) is 6.57. The van der Waals surface area contributed by atoms with Crippen molar-refractivity contribution in [1.82, 2.24) is 4.72 Å². The molecule has 0 aliphatic heterocycles. The highest BCUT2D eigenvalue weighted by atomic mass is 79.9. The second-order valence-corrected chi connectivity index (χ2v) is 6.93. The quantitative estimate of drug-likeness (QED) is 0.350. The largest absolute Gasteiger partial charge is 0.502 e. The number of hydrogen-bond donors (Lipinski definition) is 3. The Hall–Kier alpha value is -1.91. The molecule has 0 spiro atoms. The summed E-state index contributed by atoms with van der Waals surface area (Å²) < 4.78 is 47.0. The Bertz CT molecular complexity index is 825. The molecule has 1 atom stereocenters. The minimum atomic E-state index is -2.73. The maximum absolute atomic E-state index is 13.1. The molecule has 0 aliphatic carbocycles. The van der Waals surface area contributed by atoms with Gasteiger partial charge in [-0.3, -0.25) is 4.79 Å². The minimum absolute atomic E-state index is 0.0126. The van der Waals surface area contributed by atoms with Gasteiger partial charge < -0.3 is 14.3 Å². The smallest absolute Gasteiger partial charge is 0.308 e. The number of ether oxygens (including phenoxy) is 1. The van der Waals surface area contributed by atoms with E-state index in [9.17, 15) is 22.7 Å². The number of hydrogen-bond acceptors (Lipinski definition) is 6. The van der Waals surface area contributed by atoms with Crippen LogP contribution >= 0.6 is 15.9 Å². The van der Waals surface area contributed by atoms with Crippen molar-refractivity contribution in [2.45, 2.75) is 18.2 Å². The van der Waals surface area contributed by atoms with Crippen LogP contribution in [0.15, 0.2) is 28.7 Å². The number of esters is 1. The first-order valence-corrected chi connectivity index (χ1v) is 9.21. The van der Waals surface area contributed by atoms with E-state index < -0.39 is 33.3 Å². The van der Waals surface area contributed by atoms with E-state index >= 15 is 0 Å². The fourth-order valence-corrected chi connectivity index (χ4v) is 2.93. The van der Waals surface area contributed by atoms with E-state index in [-0.39, 0.29) is 30.2 Å². The van der Waals surface area contributed by atoms with Crippen LogP contribution in [0.4, 0.5) is 4.39 Å². The lowest BCUT2D eigenvalue weighted by atomic mass is 10.1. The molecular weight excluding hydrogens is 421 g/mol. The highest BCUT2D eigenvalue weighted by Gasteiger charge is 2.28. The predicted molar refractivity (Wildman–Crippen MR) is 91.7 cm³/mol. The first-order valence-electron chi connectivity index (χ1n) is 7.11. The summed E-state index contributed by atoms with van der Waals surface area (Å²) >= 11 is 3.32. The van der Waals surface area contributed by atoms with Gasteiger partial charge in [-0.15, -0.1) is 0 Å². The van der Waals surface area contributed by atoms with Crippen molar-refractivity contribution >= 4 is 32.8 Å². The van der Waals surface area contributed by atoms with Crippen molar-refractivity contribution in [2.24, 2.45) is 0 Å². The average molecular weight is 436 g/mol. The normalized spacial score (nSPS) is 12.3. The molecule has 0 amide bonds. The van der Waals surface area contributed by atoms with E-state index in [0.717, 1.165) is 0 Å². The summed E-state index contributed by atoms with van der Waals surface area (Å²) in [5.74, 6) is -1.55. The molecule has 0 saturated carbocycles. The Morgan fingerprint density at radius 3 is 2.60 bits per heavy atom. The molecule has 0 radical (unpaired) electrons. The van der Waals surface area contributed by atoms with Gasteiger partial charge in [0.1, 0.15) is 5.82 Å². The van der Waals surface area contributed by atoms with E-state index in [1.54, 1.807) is 0 Å². The molecule has 0 saturated heterocycles. The van der Waals surface area contributed by atoms with Crippen molar-refractivity contribution < 1.29 is 31.9 Å². The maximum Gasteiger partial charge on any atom is 0.308 e. The van der Waals surface area contributed by atoms with Gasteiger partial charge in [-0.1, -0.05) is 15.9 Å². The van der Waals surface area contributed by atoms with Crippen LogP contribution in [0, 0.1) is 5.82 Å². The van der Waals surface area contributed by atoms with Crippen LogP contribution < -0.4 is 9.46 Å². The molecule has 25 heavy (non-hydrogen) atoms. The van der Waals surface area contributed by atoms with Crippen molar-refractivity contribution in [3.8, 4) is 22.8 Å². The molecule has 7 nitrogen and oxygen atoms in total. The summed E-state index contributed by atoms with van der Waals surface area (Å²) in [5.41, 5.74) is 0.388. The molecule has 2 rings (SSSR count). The molecule has 0 fully saturated rings. The number of nitrogens with one attached hydrogen (secondary N) is 1. The number of furan rings is 1.